The molecule has 1 saturated carbocycles. The lowest BCUT2D eigenvalue weighted by atomic mass is 10.0. The number of piperidine rings is 1. The summed E-state index contributed by atoms with van der Waals surface area (Å²) in [6.45, 7) is 2.02. The zero-order valence-corrected chi connectivity index (χ0v) is 16.7. The van der Waals surface area contributed by atoms with Crippen molar-refractivity contribution in [2.45, 2.75) is 43.7 Å². The van der Waals surface area contributed by atoms with Gasteiger partial charge in [-0.3, -0.25) is 9.59 Å². The summed E-state index contributed by atoms with van der Waals surface area (Å²) in [5.74, 6) is 0.781. The van der Waals surface area contributed by atoms with Gasteiger partial charge in [0.15, 0.2) is 0 Å². The zero-order chi connectivity index (χ0) is 20.1. The fourth-order valence-corrected chi connectivity index (χ4v) is 4.28. The molecule has 2 aromatic rings. The number of nitrogens with one attached hydrogen (secondary N) is 1. The third-order valence-electron chi connectivity index (χ3n) is 6.10. The Morgan fingerprint density at radius 2 is 1.69 bits per heavy atom. The smallest absolute Gasteiger partial charge is 0.224 e. The van der Waals surface area contributed by atoms with Gasteiger partial charge >= 0.3 is 0 Å². The molecule has 0 bridgehead atoms. The van der Waals surface area contributed by atoms with E-state index in [4.69, 9.17) is 0 Å². The lowest BCUT2D eigenvalue weighted by Gasteiger charge is -2.33. The zero-order valence-electron chi connectivity index (χ0n) is 16.7. The number of amides is 2. The Bertz CT molecular complexity index is 803. The van der Waals surface area contributed by atoms with Crippen molar-refractivity contribution in [3.8, 4) is 0 Å². The SMILES string of the molecule is O=CN(CCC(=O)N1CCC(NC2CC2c2ccccc2)CC1)c1ccccc1. The molecule has 1 saturated heterocycles. The van der Waals surface area contributed by atoms with E-state index in [9.17, 15) is 9.59 Å². The monoisotopic (exact) mass is 391 g/mol. The summed E-state index contributed by atoms with van der Waals surface area (Å²) in [7, 11) is 0. The summed E-state index contributed by atoms with van der Waals surface area (Å²) in [6, 6.07) is 21.3. The van der Waals surface area contributed by atoms with E-state index in [-0.39, 0.29) is 5.91 Å². The van der Waals surface area contributed by atoms with Crippen molar-refractivity contribution in [1.29, 1.82) is 0 Å². The maximum atomic E-state index is 12.6. The van der Waals surface area contributed by atoms with Crippen LogP contribution in [0.3, 0.4) is 0 Å². The molecule has 1 heterocycles. The fourth-order valence-electron chi connectivity index (χ4n) is 4.28. The number of hydrogen-bond acceptors (Lipinski definition) is 3. The molecule has 1 aliphatic carbocycles. The number of anilines is 1. The second-order valence-corrected chi connectivity index (χ2v) is 8.07. The molecule has 2 aromatic carbocycles. The average Bonchev–Trinajstić information content (AvgIpc) is 3.55. The van der Waals surface area contributed by atoms with Crippen molar-refractivity contribution in [3.63, 3.8) is 0 Å². The van der Waals surface area contributed by atoms with Gasteiger partial charge in [0.2, 0.25) is 12.3 Å². The molecule has 4 rings (SSSR count). The van der Waals surface area contributed by atoms with Crippen LogP contribution in [0.5, 0.6) is 0 Å². The molecule has 1 N–H and O–H groups in total. The number of rotatable bonds is 8. The first-order valence-electron chi connectivity index (χ1n) is 10.6. The number of para-hydroxylation sites is 1. The molecule has 5 nitrogen and oxygen atoms in total. The van der Waals surface area contributed by atoms with Crippen LogP contribution in [0.4, 0.5) is 5.69 Å². The van der Waals surface area contributed by atoms with Crippen LogP contribution in [0.1, 0.15) is 37.2 Å². The minimum Gasteiger partial charge on any atom is -0.343 e. The third kappa shape index (κ3) is 5.04. The average molecular weight is 392 g/mol. The minimum atomic E-state index is 0.139. The number of hydrogen-bond donors (Lipinski definition) is 1. The van der Waals surface area contributed by atoms with Crippen molar-refractivity contribution in [1.82, 2.24) is 10.2 Å². The molecule has 0 aromatic heterocycles. The van der Waals surface area contributed by atoms with Gasteiger partial charge in [0.25, 0.3) is 0 Å². The molecule has 2 fully saturated rings. The van der Waals surface area contributed by atoms with Crippen LogP contribution in [-0.4, -0.2) is 48.9 Å². The first kappa shape index (κ1) is 19.6. The predicted molar refractivity (Wildman–Crippen MR) is 115 cm³/mol. The summed E-state index contributed by atoms with van der Waals surface area (Å²) in [6.07, 6.45) is 4.38. The van der Waals surface area contributed by atoms with Crippen molar-refractivity contribution < 1.29 is 9.59 Å². The lowest BCUT2D eigenvalue weighted by Crippen LogP contribution is -2.46. The molecule has 2 amide bonds. The number of benzene rings is 2. The van der Waals surface area contributed by atoms with Gasteiger partial charge in [0.05, 0.1) is 0 Å². The van der Waals surface area contributed by atoms with E-state index in [0.717, 1.165) is 38.0 Å². The van der Waals surface area contributed by atoms with Crippen LogP contribution in [-0.2, 0) is 9.59 Å². The molecule has 1 aliphatic heterocycles. The summed E-state index contributed by atoms with van der Waals surface area (Å²) >= 11 is 0. The van der Waals surface area contributed by atoms with Crippen molar-refractivity contribution in [2.75, 3.05) is 24.5 Å². The summed E-state index contributed by atoms with van der Waals surface area (Å²) < 4.78 is 0. The number of carbonyl (C=O) groups is 2. The van der Waals surface area contributed by atoms with Crippen molar-refractivity contribution >= 4 is 18.0 Å². The highest BCUT2D eigenvalue weighted by atomic mass is 16.2. The normalized spacial score (nSPS) is 21.6. The van der Waals surface area contributed by atoms with E-state index in [0.29, 0.717) is 31.0 Å². The summed E-state index contributed by atoms with van der Waals surface area (Å²) in [5, 5.41) is 3.79. The predicted octanol–water partition coefficient (Wildman–Crippen LogP) is 3.18. The lowest BCUT2D eigenvalue weighted by molar-refractivity contribution is -0.132. The molecule has 5 heteroatoms. The topological polar surface area (TPSA) is 52.7 Å². The molecule has 0 radical (unpaired) electrons. The van der Waals surface area contributed by atoms with Gasteiger partial charge in [-0.15, -0.1) is 0 Å². The minimum absolute atomic E-state index is 0.139. The maximum Gasteiger partial charge on any atom is 0.224 e. The summed E-state index contributed by atoms with van der Waals surface area (Å²) in [4.78, 5) is 27.5. The molecule has 0 spiro atoms. The summed E-state index contributed by atoms with van der Waals surface area (Å²) in [5.41, 5.74) is 2.26. The van der Waals surface area contributed by atoms with E-state index >= 15 is 0 Å². The third-order valence-corrected chi connectivity index (χ3v) is 6.10. The maximum absolute atomic E-state index is 12.6. The van der Waals surface area contributed by atoms with Crippen LogP contribution < -0.4 is 10.2 Å². The molecule has 152 valence electrons. The van der Waals surface area contributed by atoms with Gasteiger partial charge in [-0.05, 0) is 37.0 Å². The first-order chi connectivity index (χ1) is 14.2. The fraction of sp³-hybridized carbons (Fsp3) is 0.417. The standard InChI is InChI=1S/C24H29N3O2/c28-18-27(21-9-5-2-6-10-21)16-13-24(29)26-14-11-20(12-15-26)25-23-17-22(23)19-7-3-1-4-8-19/h1-10,18,20,22-23,25H,11-17H2. The number of likely N-dealkylation sites (tertiary alicyclic amines) is 1. The van der Waals surface area contributed by atoms with E-state index in [1.807, 2.05) is 35.2 Å². The molecule has 2 aliphatic rings. The van der Waals surface area contributed by atoms with Crippen LogP contribution >= 0.6 is 0 Å². The highest BCUT2D eigenvalue weighted by Gasteiger charge is 2.39. The second-order valence-electron chi connectivity index (χ2n) is 8.07. The van der Waals surface area contributed by atoms with Crippen molar-refractivity contribution in [3.05, 3.63) is 66.2 Å². The van der Waals surface area contributed by atoms with Crippen LogP contribution in [0.15, 0.2) is 60.7 Å². The Labute approximate surface area is 172 Å². The van der Waals surface area contributed by atoms with Gasteiger partial charge in [-0.25, -0.2) is 0 Å². The van der Waals surface area contributed by atoms with Gasteiger partial charge < -0.3 is 15.1 Å². The first-order valence-corrected chi connectivity index (χ1v) is 10.6. The highest BCUT2D eigenvalue weighted by molar-refractivity contribution is 5.80. The quantitative estimate of drug-likeness (QED) is 0.703. The van der Waals surface area contributed by atoms with Crippen molar-refractivity contribution in [2.24, 2.45) is 0 Å². The Morgan fingerprint density at radius 1 is 1.03 bits per heavy atom. The molecular formula is C24H29N3O2. The largest absolute Gasteiger partial charge is 0.343 e. The molecule has 2 unspecified atom stereocenters. The molecule has 2 atom stereocenters. The van der Waals surface area contributed by atoms with Crippen LogP contribution in [0.2, 0.25) is 0 Å². The van der Waals surface area contributed by atoms with Gasteiger partial charge in [-0.1, -0.05) is 48.5 Å². The van der Waals surface area contributed by atoms with E-state index < -0.39 is 0 Å². The second kappa shape index (κ2) is 9.23. The Balaban J connectivity index is 1.19. The van der Waals surface area contributed by atoms with Crippen LogP contribution in [0, 0.1) is 0 Å². The van der Waals surface area contributed by atoms with E-state index in [1.165, 1.54) is 12.0 Å². The Hall–Kier alpha value is -2.66. The van der Waals surface area contributed by atoms with Gasteiger partial charge in [-0.2, -0.15) is 0 Å². The Kier molecular flexibility index (Phi) is 6.25. The molecule has 29 heavy (non-hydrogen) atoms. The number of carbonyl (C=O) groups excluding carboxylic acids is 2. The Morgan fingerprint density at radius 3 is 2.34 bits per heavy atom. The van der Waals surface area contributed by atoms with E-state index in [1.54, 1.807) is 4.90 Å². The van der Waals surface area contributed by atoms with Gasteiger partial charge in [0, 0.05) is 49.7 Å². The van der Waals surface area contributed by atoms with Gasteiger partial charge in [0.1, 0.15) is 0 Å². The highest BCUT2D eigenvalue weighted by Crippen LogP contribution is 2.41. The number of nitrogens with zero attached hydrogens (tertiary/aromatic N) is 2. The molecular weight excluding hydrogens is 362 g/mol. The van der Waals surface area contributed by atoms with Crippen LogP contribution in [0.25, 0.3) is 0 Å². The van der Waals surface area contributed by atoms with E-state index in [2.05, 4.69) is 35.6 Å².